The predicted octanol–water partition coefficient (Wildman–Crippen LogP) is 0.522. The molecule has 0 radical (unpaired) electrons. The molecule has 7 nitrogen and oxygen atoms in total. The van der Waals surface area contributed by atoms with Gasteiger partial charge in [-0.2, -0.15) is 0 Å². The van der Waals surface area contributed by atoms with E-state index in [2.05, 4.69) is 26.3 Å². The van der Waals surface area contributed by atoms with E-state index in [-0.39, 0.29) is 29.6 Å². The van der Waals surface area contributed by atoms with Gasteiger partial charge in [-0.25, -0.2) is 9.59 Å². The molecule has 0 aromatic carbocycles. The molecule has 0 bridgehead atoms. The van der Waals surface area contributed by atoms with Crippen molar-refractivity contribution in [1.29, 1.82) is 0 Å². The maximum Gasteiger partial charge on any atom is 0.336 e. The van der Waals surface area contributed by atoms with Crippen molar-refractivity contribution in [2.45, 2.75) is 25.2 Å². The molecule has 1 heterocycles. The van der Waals surface area contributed by atoms with Gasteiger partial charge in [0, 0.05) is 17.4 Å². The Morgan fingerprint density at radius 3 is 2.52 bits per heavy atom. The molecule has 7 atom stereocenters. The average Bonchev–Trinajstić information content (AvgIpc) is 2.95. The molecular weight excluding hydrogens is 352 g/mol. The molecule has 0 amide bonds. The van der Waals surface area contributed by atoms with Crippen molar-refractivity contribution in [2.75, 3.05) is 13.2 Å². The Kier molecular flexibility index (Phi) is 6.41. The number of hydrogen-bond acceptors (Lipinski definition) is 7. The molecule has 0 spiro atoms. The summed E-state index contributed by atoms with van der Waals surface area (Å²) in [7, 11) is 0. The minimum Gasteiger partial charge on any atom is -0.458 e. The first-order valence-electron chi connectivity index (χ1n) is 8.69. The van der Waals surface area contributed by atoms with E-state index in [4.69, 9.17) is 14.6 Å². The highest BCUT2D eigenvalue weighted by atomic mass is 16.6. The Bertz CT molecular complexity index is 680. The summed E-state index contributed by atoms with van der Waals surface area (Å²) in [5, 5.41) is 28.2. The van der Waals surface area contributed by atoms with Crippen molar-refractivity contribution in [3.05, 3.63) is 49.1 Å². The van der Waals surface area contributed by atoms with Crippen molar-refractivity contribution in [2.24, 2.45) is 23.7 Å². The van der Waals surface area contributed by atoms with E-state index in [1.54, 1.807) is 6.08 Å². The normalized spacial score (nSPS) is 33.6. The van der Waals surface area contributed by atoms with Crippen molar-refractivity contribution in [1.82, 2.24) is 0 Å². The summed E-state index contributed by atoms with van der Waals surface area (Å²) in [4.78, 5) is 24.5. The molecule has 2 rings (SSSR count). The number of aliphatic hydroxyl groups excluding tert-OH is 3. The van der Waals surface area contributed by atoms with Crippen LogP contribution in [0.1, 0.15) is 6.92 Å². The zero-order valence-electron chi connectivity index (χ0n) is 15.3. The fraction of sp³-hybridized carbons (Fsp3) is 0.500. The van der Waals surface area contributed by atoms with Crippen LogP contribution in [0.4, 0.5) is 0 Å². The van der Waals surface area contributed by atoms with Crippen molar-refractivity contribution in [3.8, 4) is 0 Å². The predicted molar refractivity (Wildman–Crippen MR) is 97.2 cm³/mol. The third-order valence-corrected chi connectivity index (χ3v) is 5.54. The van der Waals surface area contributed by atoms with E-state index in [1.807, 2.05) is 6.92 Å². The fourth-order valence-corrected chi connectivity index (χ4v) is 3.98. The third kappa shape index (κ3) is 3.63. The van der Waals surface area contributed by atoms with Gasteiger partial charge in [-0.15, -0.1) is 6.58 Å². The Labute approximate surface area is 158 Å². The molecule has 148 valence electrons. The summed E-state index contributed by atoms with van der Waals surface area (Å²) in [6, 6.07) is 0. The zero-order valence-corrected chi connectivity index (χ0v) is 15.3. The summed E-state index contributed by atoms with van der Waals surface area (Å²) in [6.07, 6.45) is -1.25. The fourth-order valence-electron chi connectivity index (χ4n) is 3.98. The SMILES string of the molecule is C=C[C@@H]1[C@@H](C)[C@H](OC(=O)C(=C)[C@@H](O)CO)[C@H]2C(=C)C(=O)O[C@@H]2[C@H]1C(=C)CO. The van der Waals surface area contributed by atoms with Gasteiger partial charge in [0.05, 0.1) is 24.7 Å². The van der Waals surface area contributed by atoms with E-state index in [1.165, 1.54) is 0 Å². The molecule has 1 aliphatic carbocycles. The highest BCUT2D eigenvalue weighted by Crippen LogP contribution is 2.50. The van der Waals surface area contributed by atoms with Crippen LogP contribution >= 0.6 is 0 Å². The number of aliphatic hydroxyl groups is 3. The molecule has 0 aromatic heterocycles. The first-order valence-corrected chi connectivity index (χ1v) is 8.69. The molecule has 2 fully saturated rings. The number of fused-ring (bicyclic) bond motifs is 1. The molecule has 2 aliphatic rings. The number of carbonyl (C=O) groups excluding carboxylic acids is 2. The van der Waals surface area contributed by atoms with Gasteiger partial charge in [-0.05, 0) is 11.5 Å². The van der Waals surface area contributed by atoms with Gasteiger partial charge in [0.2, 0.25) is 0 Å². The van der Waals surface area contributed by atoms with Crippen molar-refractivity contribution < 1.29 is 34.4 Å². The maximum atomic E-state index is 12.4. The number of carbonyl (C=O) groups is 2. The first kappa shape index (κ1) is 21.1. The zero-order chi connectivity index (χ0) is 20.5. The minimum absolute atomic E-state index is 0.177. The summed E-state index contributed by atoms with van der Waals surface area (Å²) in [5.74, 6) is -3.06. The second-order valence-corrected chi connectivity index (χ2v) is 7.03. The summed E-state index contributed by atoms with van der Waals surface area (Å²) in [5.41, 5.74) is 0.388. The van der Waals surface area contributed by atoms with Crippen LogP contribution in [0, 0.1) is 23.7 Å². The smallest absolute Gasteiger partial charge is 0.336 e. The van der Waals surface area contributed by atoms with Gasteiger partial charge < -0.3 is 24.8 Å². The molecule has 0 unspecified atom stereocenters. The van der Waals surface area contributed by atoms with E-state index in [0.29, 0.717) is 5.57 Å². The van der Waals surface area contributed by atoms with E-state index in [0.717, 1.165) is 0 Å². The molecule has 0 aromatic rings. The highest BCUT2D eigenvalue weighted by molar-refractivity contribution is 5.92. The van der Waals surface area contributed by atoms with E-state index in [9.17, 15) is 19.8 Å². The lowest BCUT2D eigenvalue weighted by Crippen LogP contribution is -2.52. The number of allylic oxidation sites excluding steroid dienone is 1. The van der Waals surface area contributed by atoms with Crippen LogP contribution in [0.5, 0.6) is 0 Å². The topological polar surface area (TPSA) is 113 Å². The van der Waals surface area contributed by atoms with Gasteiger partial charge in [0.25, 0.3) is 0 Å². The monoisotopic (exact) mass is 378 g/mol. The molecular formula is C20H26O7. The Hall–Kier alpha value is -2.22. The standard InChI is InChI=1S/C20H26O7/c1-6-13-10(3)17(26-19(24)11(4)14(23)8-22)16-12(5)20(25)27-18(16)15(13)9(2)7-21/h6,10,13-18,21-23H,1-2,4-5,7-8H2,3H3/t10-,13-,14+,15+,16-,17+,18-/m1/s1. The van der Waals surface area contributed by atoms with Gasteiger partial charge in [-0.3, -0.25) is 0 Å². The van der Waals surface area contributed by atoms with Gasteiger partial charge in [-0.1, -0.05) is 32.7 Å². The van der Waals surface area contributed by atoms with E-state index >= 15 is 0 Å². The largest absolute Gasteiger partial charge is 0.458 e. The highest BCUT2D eigenvalue weighted by Gasteiger charge is 2.57. The van der Waals surface area contributed by atoms with Gasteiger partial charge in [0.15, 0.2) is 0 Å². The van der Waals surface area contributed by atoms with Crippen LogP contribution in [-0.2, 0) is 19.1 Å². The lowest BCUT2D eigenvalue weighted by atomic mass is 9.62. The Balaban J connectivity index is 2.40. The number of esters is 2. The molecule has 3 N–H and O–H groups in total. The Morgan fingerprint density at radius 2 is 2.00 bits per heavy atom. The van der Waals surface area contributed by atoms with Crippen LogP contribution < -0.4 is 0 Å². The van der Waals surface area contributed by atoms with Crippen LogP contribution in [0.2, 0.25) is 0 Å². The van der Waals surface area contributed by atoms with Crippen LogP contribution in [-0.4, -0.2) is 58.8 Å². The van der Waals surface area contributed by atoms with E-state index < -0.39 is 48.7 Å². The Morgan fingerprint density at radius 1 is 1.37 bits per heavy atom. The molecule has 27 heavy (non-hydrogen) atoms. The number of rotatable bonds is 7. The number of ether oxygens (including phenoxy) is 2. The summed E-state index contributed by atoms with van der Waals surface area (Å²) < 4.78 is 11.0. The molecule has 1 saturated carbocycles. The maximum absolute atomic E-state index is 12.4. The minimum atomic E-state index is -1.44. The summed E-state index contributed by atoms with van der Waals surface area (Å²) >= 11 is 0. The second-order valence-electron chi connectivity index (χ2n) is 7.03. The molecule has 1 aliphatic heterocycles. The van der Waals surface area contributed by atoms with Crippen LogP contribution in [0.15, 0.2) is 49.1 Å². The van der Waals surface area contributed by atoms with Gasteiger partial charge in [0.1, 0.15) is 18.3 Å². The lowest BCUT2D eigenvalue weighted by molar-refractivity contribution is -0.162. The van der Waals surface area contributed by atoms with Crippen molar-refractivity contribution in [3.63, 3.8) is 0 Å². The summed E-state index contributed by atoms with van der Waals surface area (Å²) in [6.45, 7) is 15.8. The van der Waals surface area contributed by atoms with Crippen molar-refractivity contribution >= 4 is 11.9 Å². The average molecular weight is 378 g/mol. The van der Waals surface area contributed by atoms with Gasteiger partial charge >= 0.3 is 11.9 Å². The number of hydrogen-bond donors (Lipinski definition) is 3. The third-order valence-electron chi connectivity index (χ3n) is 5.54. The van der Waals surface area contributed by atoms with Crippen LogP contribution in [0.25, 0.3) is 0 Å². The first-order chi connectivity index (χ1) is 12.7. The van der Waals surface area contributed by atoms with Crippen LogP contribution in [0.3, 0.4) is 0 Å². The molecule has 1 saturated heterocycles. The quantitative estimate of drug-likeness (QED) is 0.336. The molecule has 7 heteroatoms. The second kappa shape index (κ2) is 8.21. The lowest BCUT2D eigenvalue weighted by Gasteiger charge is -2.46.